The maximum absolute atomic E-state index is 10.9. The lowest BCUT2D eigenvalue weighted by atomic mass is 9.88. The number of rotatable bonds is 4. The third-order valence-corrected chi connectivity index (χ3v) is 4.70. The van der Waals surface area contributed by atoms with Gasteiger partial charge >= 0.3 is 5.97 Å². The molecule has 2 bridgehead atoms. The topological polar surface area (TPSA) is 60.8 Å². The molecule has 4 heteroatoms. The summed E-state index contributed by atoms with van der Waals surface area (Å²) in [5.74, 6) is -0.507. The minimum absolute atomic E-state index is 0.123. The van der Waals surface area contributed by atoms with Gasteiger partial charge in [-0.2, -0.15) is 0 Å². The molecule has 1 unspecified atom stereocenters. The molecule has 0 radical (unpaired) electrons. The lowest BCUT2D eigenvalue weighted by Crippen LogP contribution is -2.44. The first kappa shape index (κ1) is 13.6. The minimum atomic E-state index is -0.722. The number of fused-ring (bicyclic) bond motifs is 2. The number of aliphatic hydroxyl groups is 1. The van der Waals surface area contributed by atoms with Gasteiger partial charge in [0.15, 0.2) is 0 Å². The van der Waals surface area contributed by atoms with Crippen LogP contribution >= 0.6 is 0 Å². The van der Waals surface area contributed by atoms with Crippen LogP contribution in [0.25, 0.3) is 0 Å². The van der Waals surface area contributed by atoms with E-state index in [1.807, 2.05) is 18.2 Å². The van der Waals surface area contributed by atoms with E-state index in [2.05, 4.69) is 17.0 Å². The van der Waals surface area contributed by atoms with Crippen LogP contribution in [-0.4, -0.2) is 39.3 Å². The van der Waals surface area contributed by atoms with Gasteiger partial charge in [-0.3, -0.25) is 9.69 Å². The predicted octanol–water partition coefficient (Wildman–Crippen LogP) is 1.88. The van der Waals surface area contributed by atoms with Crippen LogP contribution < -0.4 is 0 Å². The third-order valence-electron chi connectivity index (χ3n) is 4.70. The molecule has 2 fully saturated rings. The first-order chi connectivity index (χ1) is 9.63. The second kappa shape index (κ2) is 5.54. The summed E-state index contributed by atoms with van der Waals surface area (Å²) < 4.78 is 0. The summed E-state index contributed by atoms with van der Waals surface area (Å²) in [5, 5.41) is 19.2. The molecule has 4 nitrogen and oxygen atoms in total. The van der Waals surface area contributed by atoms with E-state index in [9.17, 15) is 9.90 Å². The summed E-state index contributed by atoms with van der Waals surface area (Å²) in [5.41, 5.74) is 1.26. The molecular weight excluding hydrogens is 254 g/mol. The number of carboxylic acid groups (broad SMARTS) is 1. The number of hydrogen-bond donors (Lipinski definition) is 2. The van der Waals surface area contributed by atoms with Gasteiger partial charge in [-0.05, 0) is 30.7 Å². The normalized spacial score (nSPS) is 33.2. The largest absolute Gasteiger partial charge is 0.481 e. The molecule has 2 aliphatic heterocycles. The SMILES string of the molecule is O=C(O)C[C@@H]1C[C@@H]2CC(O)[C@@H](C1)N2Cc1ccccc1. The molecule has 2 saturated heterocycles. The van der Waals surface area contributed by atoms with E-state index in [1.165, 1.54) is 5.56 Å². The van der Waals surface area contributed by atoms with Gasteiger partial charge in [0.1, 0.15) is 0 Å². The first-order valence-electron chi connectivity index (χ1n) is 7.33. The number of benzene rings is 1. The van der Waals surface area contributed by atoms with E-state index < -0.39 is 5.97 Å². The van der Waals surface area contributed by atoms with Gasteiger partial charge in [-0.25, -0.2) is 0 Å². The van der Waals surface area contributed by atoms with E-state index in [1.54, 1.807) is 0 Å². The number of aliphatic carboxylic acids is 1. The number of carboxylic acids is 1. The molecule has 2 N–H and O–H groups in total. The van der Waals surface area contributed by atoms with Crippen molar-refractivity contribution < 1.29 is 15.0 Å². The van der Waals surface area contributed by atoms with Crippen molar-refractivity contribution in [1.82, 2.24) is 4.90 Å². The van der Waals surface area contributed by atoms with Gasteiger partial charge in [0, 0.05) is 25.0 Å². The van der Waals surface area contributed by atoms with E-state index in [0.29, 0.717) is 6.04 Å². The molecule has 1 aromatic carbocycles. The second-order valence-electron chi connectivity index (χ2n) is 6.12. The Balaban J connectivity index is 1.70. The molecule has 2 aliphatic rings. The van der Waals surface area contributed by atoms with Crippen molar-refractivity contribution in [2.75, 3.05) is 0 Å². The van der Waals surface area contributed by atoms with Crippen LogP contribution in [0.4, 0.5) is 0 Å². The highest BCUT2D eigenvalue weighted by Gasteiger charge is 2.46. The number of carbonyl (C=O) groups is 1. The lowest BCUT2D eigenvalue weighted by Gasteiger charge is -2.38. The van der Waals surface area contributed by atoms with E-state index >= 15 is 0 Å². The van der Waals surface area contributed by atoms with Crippen molar-refractivity contribution in [3.8, 4) is 0 Å². The Morgan fingerprint density at radius 2 is 1.95 bits per heavy atom. The van der Waals surface area contributed by atoms with E-state index in [0.717, 1.165) is 25.8 Å². The molecule has 0 spiro atoms. The molecule has 20 heavy (non-hydrogen) atoms. The van der Waals surface area contributed by atoms with Crippen LogP contribution in [0.3, 0.4) is 0 Å². The smallest absolute Gasteiger partial charge is 0.303 e. The molecule has 0 aliphatic carbocycles. The van der Waals surface area contributed by atoms with Gasteiger partial charge in [-0.15, -0.1) is 0 Å². The fourth-order valence-electron chi connectivity index (χ4n) is 3.86. The summed E-state index contributed by atoms with van der Waals surface area (Å²) in [7, 11) is 0. The lowest BCUT2D eigenvalue weighted by molar-refractivity contribution is -0.138. The van der Waals surface area contributed by atoms with Crippen molar-refractivity contribution in [1.29, 1.82) is 0 Å². The van der Waals surface area contributed by atoms with Crippen molar-refractivity contribution in [3.05, 3.63) is 35.9 Å². The zero-order chi connectivity index (χ0) is 14.1. The van der Waals surface area contributed by atoms with Crippen molar-refractivity contribution in [3.63, 3.8) is 0 Å². The quantitative estimate of drug-likeness (QED) is 0.880. The number of nitrogens with zero attached hydrogens (tertiary/aromatic N) is 1. The maximum Gasteiger partial charge on any atom is 0.303 e. The van der Waals surface area contributed by atoms with Gasteiger partial charge in [0.05, 0.1) is 6.10 Å². The molecule has 0 amide bonds. The molecule has 3 rings (SSSR count). The number of hydrogen-bond acceptors (Lipinski definition) is 3. The monoisotopic (exact) mass is 275 g/mol. The zero-order valence-electron chi connectivity index (χ0n) is 11.5. The van der Waals surface area contributed by atoms with Gasteiger partial charge < -0.3 is 10.2 Å². The fourth-order valence-corrected chi connectivity index (χ4v) is 3.86. The Labute approximate surface area is 119 Å². The average molecular weight is 275 g/mol. The third kappa shape index (κ3) is 2.72. The van der Waals surface area contributed by atoms with Gasteiger partial charge in [-0.1, -0.05) is 30.3 Å². The van der Waals surface area contributed by atoms with Crippen LogP contribution in [0.5, 0.6) is 0 Å². The van der Waals surface area contributed by atoms with Gasteiger partial charge in [0.25, 0.3) is 0 Å². The van der Waals surface area contributed by atoms with Crippen LogP contribution in [0, 0.1) is 5.92 Å². The number of piperidine rings is 1. The summed E-state index contributed by atoms with van der Waals surface area (Å²) >= 11 is 0. The summed E-state index contributed by atoms with van der Waals surface area (Å²) in [6.07, 6.45) is 2.42. The Morgan fingerprint density at radius 1 is 1.20 bits per heavy atom. The maximum atomic E-state index is 10.9. The molecule has 4 atom stereocenters. The Bertz CT molecular complexity index is 476. The molecule has 108 valence electrons. The Morgan fingerprint density at radius 3 is 2.60 bits per heavy atom. The molecule has 0 aromatic heterocycles. The van der Waals surface area contributed by atoms with Crippen molar-refractivity contribution in [2.24, 2.45) is 5.92 Å². The van der Waals surface area contributed by atoms with Crippen molar-refractivity contribution >= 4 is 5.97 Å². The van der Waals surface area contributed by atoms with Crippen LogP contribution in [-0.2, 0) is 11.3 Å². The number of aliphatic hydroxyl groups excluding tert-OH is 1. The summed E-state index contributed by atoms with van der Waals surface area (Å²) in [6.45, 7) is 0.854. The Hall–Kier alpha value is -1.39. The van der Waals surface area contributed by atoms with Crippen LogP contribution in [0.1, 0.15) is 31.2 Å². The first-order valence-corrected chi connectivity index (χ1v) is 7.33. The minimum Gasteiger partial charge on any atom is -0.481 e. The van der Waals surface area contributed by atoms with Gasteiger partial charge in [0.2, 0.25) is 0 Å². The standard InChI is InChI=1S/C16H21NO3/c18-15-9-13-6-12(8-16(19)20)7-14(15)17(13)10-11-4-2-1-3-5-11/h1-5,12-15,18H,6-10H2,(H,19,20)/t12-,13-,14-,15?/m1/s1. The average Bonchev–Trinajstić information content (AvgIpc) is 2.58. The van der Waals surface area contributed by atoms with Crippen molar-refractivity contribution in [2.45, 2.75) is 50.4 Å². The Kier molecular flexibility index (Phi) is 3.76. The van der Waals surface area contributed by atoms with Crippen LogP contribution in [0.2, 0.25) is 0 Å². The highest BCUT2D eigenvalue weighted by Crippen LogP contribution is 2.40. The zero-order valence-corrected chi connectivity index (χ0v) is 11.5. The summed E-state index contributed by atoms with van der Waals surface area (Å²) in [4.78, 5) is 13.3. The molecular formula is C16H21NO3. The van der Waals surface area contributed by atoms with E-state index in [-0.39, 0.29) is 24.5 Å². The fraction of sp³-hybridized carbons (Fsp3) is 0.562. The van der Waals surface area contributed by atoms with E-state index in [4.69, 9.17) is 5.11 Å². The molecule has 0 saturated carbocycles. The van der Waals surface area contributed by atoms with Crippen LogP contribution in [0.15, 0.2) is 30.3 Å². The highest BCUT2D eigenvalue weighted by molar-refractivity contribution is 5.67. The predicted molar refractivity (Wildman–Crippen MR) is 75.2 cm³/mol. The molecule has 1 aromatic rings. The second-order valence-corrected chi connectivity index (χ2v) is 6.12. The summed E-state index contributed by atoms with van der Waals surface area (Å²) in [6, 6.07) is 10.7. The molecule has 2 heterocycles. The highest BCUT2D eigenvalue weighted by atomic mass is 16.4.